The van der Waals surface area contributed by atoms with Gasteiger partial charge in [-0.2, -0.15) is 0 Å². The van der Waals surface area contributed by atoms with Crippen LogP contribution in [-0.2, 0) is 0 Å². The topological polar surface area (TPSA) is 32.6 Å². The van der Waals surface area contributed by atoms with E-state index in [1.807, 2.05) is 18.2 Å². The number of pyridine rings is 1. The van der Waals surface area contributed by atoms with Crippen molar-refractivity contribution in [3.63, 3.8) is 0 Å². The van der Waals surface area contributed by atoms with Gasteiger partial charge in [0.1, 0.15) is 17.2 Å². The molecule has 0 atom stereocenters. The molecule has 3 rings (SSSR count). The Balaban J connectivity index is 1.99. The van der Waals surface area contributed by atoms with Crippen LogP contribution in [0.1, 0.15) is 20.3 Å². The van der Waals surface area contributed by atoms with Crippen LogP contribution in [0.4, 0.5) is 11.5 Å². The highest BCUT2D eigenvalue weighted by Crippen LogP contribution is 2.30. The first kappa shape index (κ1) is 16.4. The minimum Gasteiger partial charge on any atom is -0.378 e. The highest BCUT2D eigenvalue weighted by atomic mass is 15.1. The van der Waals surface area contributed by atoms with Crippen LogP contribution in [0, 0.1) is 5.92 Å². The van der Waals surface area contributed by atoms with Gasteiger partial charge in [0.25, 0.3) is 0 Å². The third kappa shape index (κ3) is 3.37. The first-order chi connectivity index (χ1) is 11.6. The Bertz CT molecular complexity index is 800. The molecule has 0 saturated heterocycles. The van der Waals surface area contributed by atoms with E-state index in [1.165, 1.54) is 5.69 Å². The summed E-state index contributed by atoms with van der Waals surface area (Å²) in [4.78, 5) is 6.95. The van der Waals surface area contributed by atoms with Crippen LogP contribution in [0.3, 0.4) is 0 Å². The van der Waals surface area contributed by atoms with Crippen molar-refractivity contribution in [2.75, 3.05) is 30.9 Å². The summed E-state index contributed by atoms with van der Waals surface area (Å²) in [5, 5.41) is 3.59. The van der Waals surface area contributed by atoms with Gasteiger partial charge in [0, 0.05) is 38.1 Å². The molecule has 24 heavy (non-hydrogen) atoms. The number of aromatic nitrogens is 2. The summed E-state index contributed by atoms with van der Waals surface area (Å²) in [5.41, 5.74) is 4.31. The van der Waals surface area contributed by atoms with Crippen LogP contribution in [-0.4, -0.2) is 30.0 Å². The largest absolute Gasteiger partial charge is 0.378 e. The van der Waals surface area contributed by atoms with E-state index in [-0.39, 0.29) is 0 Å². The average molecular weight is 322 g/mol. The predicted octanol–water partition coefficient (Wildman–Crippen LogP) is 4.53. The number of hydrogen-bond donors (Lipinski definition) is 1. The molecule has 0 aliphatic heterocycles. The Morgan fingerprint density at radius 2 is 1.83 bits per heavy atom. The molecule has 2 aromatic heterocycles. The molecule has 0 aliphatic carbocycles. The standard InChI is InChI=1S/C20H26N4/c1-15(2)12-13-21-20-19(22-18-7-5-6-14-24(18)20)16-8-10-17(11-9-16)23(3)4/h5-11,14-15,21H,12-13H2,1-4H3. The molecule has 1 N–H and O–H groups in total. The quantitative estimate of drug-likeness (QED) is 0.724. The molecule has 3 aromatic rings. The summed E-state index contributed by atoms with van der Waals surface area (Å²) >= 11 is 0. The summed E-state index contributed by atoms with van der Waals surface area (Å²) in [6, 6.07) is 14.7. The van der Waals surface area contributed by atoms with Crippen LogP contribution in [0.15, 0.2) is 48.7 Å². The summed E-state index contributed by atoms with van der Waals surface area (Å²) < 4.78 is 2.13. The third-order valence-corrected chi connectivity index (χ3v) is 4.20. The average Bonchev–Trinajstić information content (AvgIpc) is 2.93. The lowest BCUT2D eigenvalue weighted by Crippen LogP contribution is -2.08. The summed E-state index contributed by atoms with van der Waals surface area (Å²) in [6.07, 6.45) is 3.21. The number of rotatable bonds is 6. The van der Waals surface area contributed by atoms with Crippen LogP contribution >= 0.6 is 0 Å². The van der Waals surface area contributed by atoms with Gasteiger partial charge in [0.15, 0.2) is 0 Å². The van der Waals surface area contributed by atoms with Crippen molar-refractivity contribution < 1.29 is 0 Å². The zero-order valence-corrected chi connectivity index (χ0v) is 15.0. The first-order valence-corrected chi connectivity index (χ1v) is 8.55. The van der Waals surface area contributed by atoms with Crippen molar-refractivity contribution in [1.29, 1.82) is 0 Å². The van der Waals surface area contributed by atoms with Crippen LogP contribution in [0.25, 0.3) is 16.9 Å². The zero-order chi connectivity index (χ0) is 17.1. The van der Waals surface area contributed by atoms with E-state index in [9.17, 15) is 0 Å². The molecule has 4 nitrogen and oxygen atoms in total. The molecule has 0 spiro atoms. The van der Waals surface area contributed by atoms with Crippen molar-refractivity contribution in [3.05, 3.63) is 48.7 Å². The highest BCUT2D eigenvalue weighted by molar-refractivity contribution is 5.77. The number of nitrogens with one attached hydrogen (secondary N) is 1. The Labute approximate surface area is 144 Å². The Morgan fingerprint density at radius 1 is 1.08 bits per heavy atom. The highest BCUT2D eigenvalue weighted by Gasteiger charge is 2.13. The third-order valence-electron chi connectivity index (χ3n) is 4.20. The van der Waals surface area contributed by atoms with E-state index in [0.717, 1.165) is 35.7 Å². The molecule has 0 fully saturated rings. The Kier molecular flexibility index (Phi) is 4.74. The molecule has 2 heterocycles. The zero-order valence-electron chi connectivity index (χ0n) is 15.0. The van der Waals surface area contributed by atoms with Crippen molar-refractivity contribution in [2.45, 2.75) is 20.3 Å². The van der Waals surface area contributed by atoms with Crippen LogP contribution < -0.4 is 10.2 Å². The monoisotopic (exact) mass is 322 g/mol. The van der Waals surface area contributed by atoms with Gasteiger partial charge in [-0.05, 0) is 36.6 Å². The Morgan fingerprint density at radius 3 is 2.50 bits per heavy atom. The lowest BCUT2D eigenvalue weighted by Gasteiger charge is -2.13. The fourth-order valence-corrected chi connectivity index (χ4v) is 2.76. The molecule has 0 amide bonds. The molecular weight excluding hydrogens is 296 g/mol. The minimum atomic E-state index is 0.680. The number of nitrogens with zero attached hydrogens (tertiary/aromatic N) is 3. The minimum absolute atomic E-state index is 0.680. The van der Waals surface area contributed by atoms with Gasteiger partial charge in [-0.1, -0.05) is 32.0 Å². The number of anilines is 2. The molecule has 0 saturated carbocycles. The molecule has 0 radical (unpaired) electrons. The molecule has 4 heteroatoms. The van der Waals surface area contributed by atoms with Crippen molar-refractivity contribution >= 4 is 17.2 Å². The van der Waals surface area contributed by atoms with Crippen LogP contribution in [0.2, 0.25) is 0 Å². The second-order valence-electron chi connectivity index (χ2n) is 6.79. The molecular formula is C20H26N4. The number of fused-ring (bicyclic) bond motifs is 1. The van der Waals surface area contributed by atoms with Gasteiger partial charge in [0.2, 0.25) is 0 Å². The molecule has 0 unspecified atom stereocenters. The van der Waals surface area contributed by atoms with E-state index in [0.29, 0.717) is 5.92 Å². The lowest BCUT2D eigenvalue weighted by atomic mass is 10.1. The second-order valence-corrected chi connectivity index (χ2v) is 6.79. The maximum Gasteiger partial charge on any atom is 0.139 e. The predicted molar refractivity (Wildman–Crippen MR) is 103 cm³/mol. The summed E-state index contributed by atoms with van der Waals surface area (Å²) in [5.74, 6) is 1.75. The SMILES string of the molecule is CC(C)CCNc1c(-c2ccc(N(C)C)cc2)nc2ccccn12. The van der Waals surface area contributed by atoms with Crippen LogP contribution in [0.5, 0.6) is 0 Å². The maximum absolute atomic E-state index is 4.84. The van der Waals surface area contributed by atoms with Gasteiger partial charge in [0.05, 0.1) is 0 Å². The van der Waals surface area contributed by atoms with E-state index >= 15 is 0 Å². The first-order valence-electron chi connectivity index (χ1n) is 8.55. The smallest absolute Gasteiger partial charge is 0.139 e. The fraction of sp³-hybridized carbons (Fsp3) is 0.350. The summed E-state index contributed by atoms with van der Waals surface area (Å²) in [6.45, 7) is 5.44. The van der Waals surface area contributed by atoms with E-state index in [4.69, 9.17) is 4.98 Å². The van der Waals surface area contributed by atoms with Gasteiger partial charge in [-0.15, -0.1) is 0 Å². The van der Waals surface area contributed by atoms with Crippen molar-refractivity contribution in [2.24, 2.45) is 5.92 Å². The molecule has 0 aliphatic rings. The molecule has 0 bridgehead atoms. The lowest BCUT2D eigenvalue weighted by molar-refractivity contribution is 0.606. The normalized spacial score (nSPS) is 11.2. The van der Waals surface area contributed by atoms with E-state index < -0.39 is 0 Å². The number of benzene rings is 1. The van der Waals surface area contributed by atoms with Crippen molar-refractivity contribution in [1.82, 2.24) is 9.38 Å². The fourth-order valence-electron chi connectivity index (χ4n) is 2.76. The van der Waals surface area contributed by atoms with Crippen molar-refractivity contribution in [3.8, 4) is 11.3 Å². The van der Waals surface area contributed by atoms with E-state index in [1.54, 1.807) is 0 Å². The van der Waals surface area contributed by atoms with Gasteiger partial charge < -0.3 is 10.2 Å². The van der Waals surface area contributed by atoms with Gasteiger partial charge in [-0.25, -0.2) is 4.98 Å². The maximum atomic E-state index is 4.84. The number of hydrogen-bond acceptors (Lipinski definition) is 3. The van der Waals surface area contributed by atoms with E-state index in [2.05, 4.69) is 73.0 Å². The molecule has 126 valence electrons. The van der Waals surface area contributed by atoms with Gasteiger partial charge in [-0.3, -0.25) is 4.40 Å². The second kappa shape index (κ2) is 6.95. The number of imidazole rings is 1. The Hall–Kier alpha value is -2.49. The molecule has 1 aromatic carbocycles. The van der Waals surface area contributed by atoms with Gasteiger partial charge >= 0.3 is 0 Å². The summed E-state index contributed by atoms with van der Waals surface area (Å²) in [7, 11) is 4.11.